The topological polar surface area (TPSA) is 50.7 Å². The Bertz CT molecular complexity index is 254. The molecule has 0 heterocycles. The van der Waals surface area contributed by atoms with Gasteiger partial charge in [-0.3, -0.25) is 0 Å². The number of methoxy groups -OCH3 is 1. The summed E-state index contributed by atoms with van der Waals surface area (Å²) in [5.74, 6) is -0.610. The van der Waals surface area contributed by atoms with E-state index in [1.54, 1.807) is 13.2 Å². The Balaban J connectivity index is 4.32. The molecule has 0 aromatic carbocycles. The van der Waals surface area contributed by atoms with E-state index < -0.39 is 5.79 Å². The minimum Gasteiger partial charge on any atom is -0.395 e. The Morgan fingerprint density at radius 3 is 2.47 bits per heavy atom. The van der Waals surface area contributed by atoms with Crippen LogP contribution in [-0.4, -0.2) is 43.3 Å². The van der Waals surface area contributed by atoms with E-state index in [1.165, 1.54) is 0 Å². The van der Waals surface area contributed by atoms with Crippen LogP contribution in [0.2, 0.25) is 0 Å². The first-order valence-corrected chi connectivity index (χ1v) is 6.78. The summed E-state index contributed by atoms with van der Waals surface area (Å²) in [6.07, 6.45) is 6.19. The van der Waals surface area contributed by atoms with Crippen LogP contribution in [0.3, 0.4) is 0 Å². The number of rotatable bonds is 12. The lowest BCUT2D eigenvalue weighted by Gasteiger charge is -2.30. The molecule has 19 heavy (non-hydrogen) atoms. The van der Waals surface area contributed by atoms with Gasteiger partial charge in [-0.1, -0.05) is 12.2 Å². The van der Waals surface area contributed by atoms with Gasteiger partial charge in [0.15, 0.2) is 5.79 Å². The van der Waals surface area contributed by atoms with Gasteiger partial charge in [0.2, 0.25) is 0 Å². The molecule has 0 aliphatic carbocycles. The van der Waals surface area contributed by atoms with Gasteiger partial charge in [0.25, 0.3) is 0 Å². The zero-order chi connectivity index (χ0) is 14.7. The summed E-state index contributed by atoms with van der Waals surface area (Å²) in [5.41, 5.74) is 0. The zero-order valence-corrected chi connectivity index (χ0v) is 12.5. The number of aliphatic hydroxyl groups is 1. The first-order chi connectivity index (χ1) is 8.99. The van der Waals surface area contributed by atoms with Gasteiger partial charge in [-0.2, -0.15) is 0 Å². The Labute approximate surface area is 117 Å². The molecule has 0 aromatic heterocycles. The molecule has 4 heteroatoms. The smallest absolute Gasteiger partial charge is 0.162 e. The second kappa shape index (κ2) is 10.1. The highest BCUT2D eigenvalue weighted by atomic mass is 16.7. The summed E-state index contributed by atoms with van der Waals surface area (Å²) in [7, 11) is 1.63. The van der Waals surface area contributed by atoms with Crippen LogP contribution in [0.1, 0.15) is 33.1 Å². The SMILES string of the molecule is C=CCC[C@@H](CN[C@H](CO)CC=C)OC(C)(C)OC. The van der Waals surface area contributed by atoms with Gasteiger partial charge < -0.3 is 19.9 Å². The molecule has 0 saturated heterocycles. The maximum Gasteiger partial charge on any atom is 0.162 e. The summed E-state index contributed by atoms with van der Waals surface area (Å²) in [4.78, 5) is 0. The minimum absolute atomic E-state index is 0.0202. The molecule has 0 radical (unpaired) electrons. The second-order valence-corrected chi connectivity index (χ2v) is 5.02. The van der Waals surface area contributed by atoms with Crippen LogP contribution in [0, 0.1) is 0 Å². The summed E-state index contributed by atoms with van der Waals surface area (Å²) in [6.45, 7) is 11.9. The molecule has 112 valence electrons. The van der Waals surface area contributed by atoms with E-state index in [1.807, 2.05) is 19.9 Å². The molecule has 0 amide bonds. The van der Waals surface area contributed by atoms with Crippen molar-refractivity contribution < 1.29 is 14.6 Å². The van der Waals surface area contributed by atoms with Crippen molar-refractivity contribution in [2.75, 3.05) is 20.3 Å². The van der Waals surface area contributed by atoms with Gasteiger partial charge in [0.05, 0.1) is 12.7 Å². The summed E-state index contributed by atoms with van der Waals surface area (Å²) < 4.78 is 11.2. The highest BCUT2D eigenvalue weighted by Crippen LogP contribution is 2.16. The number of nitrogens with one attached hydrogen (secondary N) is 1. The molecule has 0 aliphatic heterocycles. The standard InChI is InChI=1S/C15H29NO3/c1-6-8-10-14(19-15(3,4)18-5)11-16-13(12-17)9-7-2/h6-7,13-14,16-17H,1-2,8-12H2,3-5H3/t13-,14-/m0/s1. The van der Waals surface area contributed by atoms with Crippen molar-refractivity contribution in [1.82, 2.24) is 5.32 Å². The zero-order valence-electron chi connectivity index (χ0n) is 12.5. The van der Waals surface area contributed by atoms with Gasteiger partial charge in [-0.05, 0) is 33.1 Å². The Kier molecular flexibility index (Phi) is 9.79. The average Bonchev–Trinajstić information content (AvgIpc) is 2.40. The first-order valence-electron chi connectivity index (χ1n) is 6.78. The predicted molar refractivity (Wildman–Crippen MR) is 79.1 cm³/mol. The van der Waals surface area contributed by atoms with Crippen LogP contribution in [0.4, 0.5) is 0 Å². The highest BCUT2D eigenvalue weighted by molar-refractivity contribution is 4.80. The van der Waals surface area contributed by atoms with Crippen molar-refractivity contribution in [3.05, 3.63) is 25.3 Å². The molecule has 2 N–H and O–H groups in total. The molecule has 2 atom stereocenters. The van der Waals surface area contributed by atoms with E-state index >= 15 is 0 Å². The Morgan fingerprint density at radius 1 is 1.32 bits per heavy atom. The van der Waals surface area contributed by atoms with Crippen LogP contribution >= 0.6 is 0 Å². The lowest BCUT2D eigenvalue weighted by atomic mass is 10.1. The van der Waals surface area contributed by atoms with Crippen LogP contribution in [-0.2, 0) is 9.47 Å². The number of hydrogen-bond acceptors (Lipinski definition) is 4. The summed E-state index contributed by atoms with van der Waals surface area (Å²) in [5, 5.41) is 12.5. The van der Waals surface area contributed by atoms with E-state index in [4.69, 9.17) is 9.47 Å². The molecule has 0 spiro atoms. The monoisotopic (exact) mass is 271 g/mol. The lowest BCUT2D eigenvalue weighted by molar-refractivity contribution is -0.223. The molecule has 4 nitrogen and oxygen atoms in total. The van der Waals surface area contributed by atoms with Crippen LogP contribution in [0.25, 0.3) is 0 Å². The van der Waals surface area contributed by atoms with Gasteiger partial charge >= 0.3 is 0 Å². The quantitative estimate of drug-likeness (QED) is 0.422. The van der Waals surface area contributed by atoms with Gasteiger partial charge in [0, 0.05) is 19.7 Å². The fourth-order valence-electron chi connectivity index (χ4n) is 1.68. The molecule has 0 rings (SSSR count). The van der Waals surface area contributed by atoms with Crippen LogP contribution < -0.4 is 5.32 Å². The Morgan fingerprint density at radius 2 is 2.00 bits per heavy atom. The number of aliphatic hydroxyl groups excluding tert-OH is 1. The normalized spacial score (nSPS) is 14.9. The minimum atomic E-state index is -0.610. The number of allylic oxidation sites excluding steroid dienone is 1. The third kappa shape index (κ3) is 8.94. The van der Waals surface area contributed by atoms with E-state index in [2.05, 4.69) is 18.5 Å². The molecular formula is C15H29NO3. The van der Waals surface area contributed by atoms with Crippen molar-refractivity contribution >= 4 is 0 Å². The molecular weight excluding hydrogens is 242 g/mol. The molecule has 0 aliphatic rings. The van der Waals surface area contributed by atoms with Gasteiger partial charge in [0.1, 0.15) is 0 Å². The van der Waals surface area contributed by atoms with E-state index in [0.29, 0.717) is 6.54 Å². The van der Waals surface area contributed by atoms with Crippen molar-refractivity contribution in [3.8, 4) is 0 Å². The third-order valence-corrected chi connectivity index (χ3v) is 2.94. The van der Waals surface area contributed by atoms with Crippen molar-refractivity contribution in [2.24, 2.45) is 0 Å². The molecule has 0 fully saturated rings. The van der Waals surface area contributed by atoms with Crippen molar-refractivity contribution in [1.29, 1.82) is 0 Å². The van der Waals surface area contributed by atoms with Crippen molar-refractivity contribution in [3.63, 3.8) is 0 Å². The first kappa shape index (κ1) is 18.3. The summed E-state index contributed by atoms with van der Waals surface area (Å²) in [6, 6.07) is 0.0259. The van der Waals surface area contributed by atoms with Gasteiger partial charge in [-0.25, -0.2) is 0 Å². The highest BCUT2D eigenvalue weighted by Gasteiger charge is 2.23. The average molecular weight is 271 g/mol. The maximum absolute atomic E-state index is 9.23. The van der Waals surface area contributed by atoms with E-state index in [9.17, 15) is 5.11 Å². The van der Waals surface area contributed by atoms with Crippen LogP contribution in [0.5, 0.6) is 0 Å². The number of hydrogen-bond donors (Lipinski definition) is 2. The lowest BCUT2D eigenvalue weighted by Crippen LogP contribution is -2.42. The fraction of sp³-hybridized carbons (Fsp3) is 0.733. The predicted octanol–water partition coefficient (Wildman–Crippen LogP) is 2.25. The largest absolute Gasteiger partial charge is 0.395 e. The Hall–Kier alpha value is -0.680. The molecule has 0 bridgehead atoms. The molecule has 0 unspecified atom stereocenters. The van der Waals surface area contributed by atoms with Gasteiger partial charge in [-0.15, -0.1) is 13.2 Å². The number of ether oxygens (including phenoxy) is 2. The molecule has 0 saturated carbocycles. The van der Waals surface area contributed by atoms with E-state index in [0.717, 1.165) is 19.3 Å². The third-order valence-electron chi connectivity index (χ3n) is 2.94. The second-order valence-electron chi connectivity index (χ2n) is 5.02. The fourth-order valence-corrected chi connectivity index (χ4v) is 1.68. The van der Waals surface area contributed by atoms with E-state index in [-0.39, 0.29) is 18.8 Å². The molecule has 0 aromatic rings. The summed E-state index contributed by atoms with van der Waals surface area (Å²) >= 11 is 0. The van der Waals surface area contributed by atoms with Crippen molar-refractivity contribution in [2.45, 2.75) is 51.0 Å². The van der Waals surface area contributed by atoms with Crippen LogP contribution in [0.15, 0.2) is 25.3 Å². The maximum atomic E-state index is 9.23.